The van der Waals surface area contributed by atoms with Crippen LogP contribution >= 0.6 is 23.2 Å². The van der Waals surface area contributed by atoms with Gasteiger partial charge in [-0.15, -0.1) is 0 Å². The summed E-state index contributed by atoms with van der Waals surface area (Å²) in [5, 5.41) is 7.41. The molecule has 1 aliphatic carbocycles. The molecule has 5 rings (SSSR count). The second kappa shape index (κ2) is 7.54. The van der Waals surface area contributed by atoms with Crippen molar-refractivity contribution in [2.45, 2.75) is 31.2 Å². The summed E-state index contributed by atoms with van der Waals surface area (Å²) in [5.74, 6) is -0.465. The molecule has 0 aromatic heterocycles. The van der Waals surface area contributed by atoms with E-state index in [9.17, 15) is 9.59 Å². The Morgan fingerprint density at radius 3 is 2.71 bits per heavy atom. The molecule has 1 spiro atoms. The molecule has 2 heterocycles. The van der Waals surface area contributed by atoms with Crippen LogP contribution in [0, 0.1) is 18.8 Å². The number of fused-ring (bicyclic) bond motifs is 2. The number of benzene rings is 2. The van der Waals surface area contributed by atoms with Crippen molar-refractivity contribution in [2.75, 3.05) is 5.32 Å². The van der Waals surface area contributed by atoms with Gasteiger partial charge in [0.05, 0.1) is 6.04 Å². The highest BCUT2D eigenvalue weighted by Crippen LogP contribution is 2.57. The zero-order valence-corrected chi connectivity index (χ0v) is 18.5. The van der Waals surface area contributed by atoms with Gasteiger partial charge in [0.2, 0.25) is 11.8 Å². The lowest BCUT2D eigenvalue weighted by Crippen LogP contribution is -2.59. The van der Waals surface area contributed by atoms with Gasteiger partial charge >= 0.3 is 0 Å². The van der Waals surface area contributed by atoms with Gasteiger partial charge in [0.25, 0.3) is 0 Å². The number of allylic oxidation sites excluding steroid dienone is 4. The summed E-state index contributed by atoms with van der Waals surface area (Å²) in [4.78, 5) is 26.8. The Morgan fingerprint density at radius 1 is 1.10 bits per heavy atom. The van der Waals surface area contributed by atoms with Crippen molar-refractivity contribution in [3.63, 3.8) is 0 Å². The Balaban J connectivity index is 1.76. The third-order valence-corrected chi connectivity index (χ3v) is 7.24. The van der Waals surface area contributed by atoms with E-state index >= 15 is 0 Å². The summed E-state index contributed by atoms with van der Waals surface area (Å²) in [6.45, 7) is 2.01. The van der Waals surface area contributed by atoms with Crippen LogP contribution in [0.1, 0.15) is 35.6 Å². The van der Waals surface area contributed by atoms with E-state index in [1.165, 1.54) is 0 Å². The van der Waals surface area contributed by atoms with Gasteiger partial charge in [-0.3, -0.25) is 9.59 Å². The number of nitrogens with one attached hydrogen (secondary N) is 2. The zero-order chi connectivity index (χ0) is 21.8. The number of piperidine rings is 1. The van der Waals surface area contributed by atoms with E-state index in [4.69, 9.17) is 23.2 Å². The SMILES string of the molecule is Cc1cccc([C@@H]2NC(=O)C[C@@H](C3C=C(Cl)C=CC3)[C@]23C(=O)Nc2cc(Cl)ccc23)c1. The van der Waals surface area contributed by atoms with Gasteiger partial charge in [-0.1, -0.05) is 71.2 Å². The van der Waals surface area contributed by atoms with Crippen LogP contribution in [-0.2, 0) is 15.0 Å². The number of rotatable bonds is 2. The molecule has 6 heteroatoms. The van der Waals surface area contributed by atoms with Crippen LogP contribution in [0.3, 0.4) is 0 Å². The first-order valence-electron chi connectivity index (χ1n) is 10.4. The van der Waals surface area contributed by atoms with Gasteiger partial charge in [-0.25, -0.2) is 0 Å². The van der Waals surface area contributed by atoms with E-state index in [-0.39, 0.29) is 30.1 Å². The molecule has 4 atom stereocenters. The molecular weight excluding hydrogens is 431 g/mol. The van der Waals surface area contributed by atoms with Crippen molar-refractivity contribution >= 4 is 40.7 Å². The lowest BCUT2D eigenvalue weighted by Gasteiger charge is -2.48. The Morgan fingerprint density at radius 2 is 1.94 bits per heavy atom. The molecule has 0 saturated carbocycles. The van der Waals surface area contributed by atoms with E-state index in [0.29, 0.717) is 15.7 Å². The van der Waals surface area contributed by atoms with Crippen LogP contribution in [-0.4, -0.2) is 11.8 Å². The van der Waals surface area contributed by atoms with Crippen LogP contribution in [0.4, 0.5) is 5.69 Å². The maximum absolute atomic E-state index is 13.9. The van der Waals surface area contributed by atoms with Crippen molar-refractivity contribution in [3.05, 3.63) is 87.4 Å². The summed E-state index contributed by atoms with van der Waals surface area (Å²) < 4.78 is 0. The van der Waals surface area contributed by atoms with Crippen LogP contribution in [0.2, 0.25) is 5.02 Å². The fraction of sp³-hybridized carbons (Fsp3) is 0.280. The second-order valence-corrected chi connectivity index (χ2v) is 9.46. The Bertz CT molecular complexity index is 1160. The Labute approximate surface area is 191 Å². The predicted molar refractivity (Wildman–Crippen MR) is 123 cm³/mol. The summed E-state index contributed by atoms with van der Waals surface area (Å²) in [6.07, 6.45) is 6.85. The normalized spacial score (nSPS) is 29.4. The minimum absolute atomic E-state index is 0.0387. The van der Waals surface area contributed by atoms with Crippen molar-refractivity contribution < 1.29 is 9.59 Å². The average Bonchev–Trinajstić information content (AvgIpc) is 3.01. The van der Waals surface area contributed by atoms with Gasteiger partial charge < -0.3 is 10.6 Å². The number of anilines is 1. The predicted octanol–water partition coefficient (Wildman–Crippen LogP) is 5.41. The number of halogens is 2. The lowest BCUT2D eigenvalue weighted by molar-refractivity contribution is -0.135. The minimum atomic E-state index is -0.967. The molecule has 2 aromatic carbocycles. The van der Waals surface area contributed by atoms with Crippen LogP contribution in [0.5, 0.6) is 0 Å². The first kappa shape index (κ1) is 20.3. The maximum atomic E-state index is 13.9. The molecule has 3 aliphatic rings. The van der Waals surface area contributed by atoms with E-state index in [0.717, 1.165) is 23.1 Å². The van der Waals surface area contributed by atoms with Gasteiger partial charge in [0, 0.05) is 22.2 Å². The van der Waals surface area contributed by atoms with Crippen molar-refractivity contribution in [1.29, 1.82) is 0 Å². The van der Waals surface area contributed by atoms with Crippen LogP contribution in [0.15, 0.2) is 65.7 Å². The molecule has 2 aliphatic heterocycles. The smallest absolute Gasteiger partial charge is 0.237 e. The van der Waals surface area contributed by atoms with Gasteiger partial charge in [0.1, 0.15) is 5.41 Å². The molecule has 31 heavy (non-hydrogen) atoms. The second-order valence-electron chi connectivity index (χ2n) is 8.59. The first-order chi connectivity index (χ1) is 14.9. The molecule has 158 valence electrons. The van der Waals surface area contributed by atoms with E-state index in [1.807, 2.05) is 61.5 Å². The monoisotopic (exact) mass is 452 g/mol. The fourth-order valence-corrected chi connectivity index (χ4v) is 5.95. The van der Waals surface area contributed by atoms with E-state index < -0.39 is 11.5 Å². The highest BCUT2D eigenvalue weighted by molar-refractivity contribution is 6.31. The standard InChI is InChI=1S/C25H22Cl2N2O2/c1-14-4-2-6-16(10-14)23-25(19-9-8-18(27)12-21(19)28-24(25)31)20(13-22(30)29-23)15-5-3-7-17(26)11-15/h2-4,6-12,15,20,23H,5,13H2,1H3,(H,28,31)(H,29,30)/t15?,20-,23-,25-/m0/s1. The third kappa shape index (κ3) is 3.20. The maximum Gasteiger partial charge on any atom is 0.237 e. The van der Waals surface area contributed by atoms with Crippen LogP contribution < -0.4 is 10.6 Å². The molecule has 0 bridgehead atoms. The molecule has 1 fully saturated rings. The van der Waals surface area contributed by atoms with Crippen molar-refractivity contribution in [1.82, 2.24) is 5.32 Å². The summed E-state index contributed by atoms with van der Waals surface area (Å²) in [7, 11) is 0. The number of carbonyl (C=O) groups is 2. The number of amides is 2. The Kier molecular flexibility index (Phi) is 4.95. The zero-order valence-electron chi connectivity index (χ0n) is 17.0. The highest BCUT2D eigenvalue weighted by atomic mass is 35.5. The summed E-state index contributed by atoms with van der Waals surface area (Å²) >= 11 is 12.6. The molecule has 2 amide bonds. The number of hydrogen-bond donors (Lipinski definition) is 2. The number of carbonyl (C=O) groups excluding carboxylic acids is 2. The van der Waals surface area contributed by atoms with E-state index in [1.54, 1.807) is 6.07 Å². The van der Waals surface area contributed by atoms with Gasteiger partial charge in [0.15, 0.2) is 0 Å². The largest absolute Gasteiger partial charge is 0.348 e. The molecule has 0 radical (unpaired) electrons. The molecule has 1 unspecified atom stereocenters. The van der Waals surface area contributed by atoms with Crippen molar-refractivity contribution in [2.24, 2.45) is 11.8 Å². The lowest BCUT2D eigenvalue weighted by atomic mass is 9.57. The molecule has 2 N–H and O–H groups in total. The van der Waals surface area contributed by atoms with E-state index in [2.05, 4.69) is 10.6 Å². The van der Waals surface area contributed by atoms with Crippen LogP contribution in [0.25, 0.3) is 0 Å². The number of aryl methyl sites for hydroxylation is 1. The quantitative estimate of drug-likeness (QED) is 0.639. The fourth-order valence-electron chi connectivity index (χ4n) is 5.52. The number of hydrogen-bond acceptors (Lipinski definition) is 2. The summed E-state index contributed by atoms with van der Waals surface area (Å²) in [6, 6.07) is 13.0. The van der Waals surface area contributed by atoms with Gasteiger partial charge in [-0.05, 0) is 54.5 Å². The van der Waals surface area contributed by atoms with Gasteiger partial charge in [-0.2, -0.15) is 0 Å². The molecule has 2 aromatic rings. The Hall–Kier alpha value is -2.56. The molecule has 4 nitrogen and oxygen atoms in total. The average molecular weight is 453 g/mol. The first-order valence-corrected chi connectivity index (χ1v) is 11.2. The highest BCUT2D eigenvalue weighted by Gasteiger charge is 2.62. The molecule has 1 saturated heterocycles. The third-order valence-electron chi connectivity index (χ3n) is 6.75. The van der Waals surface area contributed by atoms with Crippen molar-refractivity contribution in [3.8, 4) is 0 Å². The topological polar surface area (TPSA) is 58.2 Å². The summed E-state index contributed by atoms with van der Waals surface area (Å²) in [5.41, 5.74) is 2.60. The minimum Gasteiger partial charge on any atom is -0.348 e. The molecular formula is C25H22Cl2N2O2.